The molecule has 0 radical (unpaired) electrons. The molecule has 22 heavy (non-hydrogen) atoms. The van der Waals surface area contributed by atoms with E-state index in [0.29, 0.717) is 18.5 Å². The molecule has 1 heterocycles. The first-order valence-electron chi connectivity index (χ1n) is 7.86. The molecule has 1 aromatic rings. The SMILES string of the molecule is CCCC(CCC)N1CCc2c(C(=O)O)cc(F)cc2C1=O. The standard InChI is InChI=1S/C17H22FNO3/c1-3-5-12(6-4-2)19-8-7-13-14(16(19)20)9-11(18)10-15(13)17(21)22/h9-10,12H,3-8H2,1-2H3,(H,21,22). The normalized spacial score (nSPS) is 14.4. The Morgan fingerprint density at radius 1 is 1.32 bits per heavy atom. The predicted octanol–water partition coefficient (Wildman–Crippen LogP) is 3.49. The maximum absolute atomic E-state index is 13.7. The summed E-state index contributed by atoms with van der Waals surface area (Å²) in [6, 6.07) is 2.32. The summed E-state index contributed by atoms with van der Waals surface area (Å²) >= 11 is 0. The van der Waals surface area contributed by atoms with E-state index in [0.717, 1.165) is 31.7 Å². The van der Waals surface area contributed by atoms with Crippen LogP contribution in [0.1, 0.15) is 65.8 Å². The second kappa shape index (κ2) is 6.90. The zero-order valence-electron chi connectivity index (χ0n) is 13.1. The minimum atomic E-state index is -1.18. The molecule has 0 spiro atoms. The Bertz CT molecular complexity index is 580. The van der Waals surface area contributed by atoms with Gasteiger partial charge in [-0.15, -0.1) is 0 Å². The van der Waals surface area contributed by atoms with Crippen LogP contribution in [0.3, 0.4) is 0 Å². The lowest BCUT2D eigenvalue weighted by molar-refractivity contribution is 0.0634. The summed E-state index contributed by atoms with van der Waals surface area (Å²) in [5.41, 5.74) is 0.577. The Balaban J connectivity index is 2.39. The number of carbonyl (C=O) groups is 2. The van der Waals surface area contributed by atoms with E-state index in [1.54, 1.807) is 4.90 Å². The number of halogens is 1. The Morgan fingerprint density at radius 3 is 2.50 bits per heavy atom. The van der Waals surface area contributed by atoms with E-state index >= 15 is 0 Å². The average Bonchev–Trinajstić information content (AvgIpc) is 2.47. The summed E-state index contributed by atoms with van der Waals surface area (Å²) < 4.78 is 13.7. The van der Waals surface area contributed by atoms with Gasteiger partial charge in [0.25, 0.3) is 5.91 Å². The van der Waals surface area contributed by atoms with Gasteiger partial charge >= 0.3 is 5.97 Å². The third kappa shape index (κ3) is 3.13. The smallest absolute Gasteiger partial charge is 0.336 e. The van der Waals surface area contributed by atoms with E-state index in [-0.39, 0.29) is 23.1 Å². The molecule has 1 aliphatic heterocycles. The number of aromatic carboxylic acids is 1. The van der Waals surface area contributed by atoms with Crippen LogP contribution in [0.25, 0.3) is 0 Å². The molecule has 0 unspecified atom stereocenters. The fraction of sp³-hybridized carbons (Fsp3) is 0.529. The summed E-state index contributed by atoms with van der Waals surface area (Å²) in [5.74, 6) is -2.10. The van der Waals surface area contributed by atoms with Gasteiger partial charge in [0.1, 0.15) is 5.82 Å². The van der Waals surface area contributed by atoms with Crippen LogP contribution in [0, 0.1) is 5.82 Å². The lowest BCUT2D eigenvalue weighted by Gasteiger charge is -2.36. The number of hydrogen-bond donors (Lipinski definition) is 1. The summed E-state index contributed by atoms with van der Waals surface area (Å²) in [6.45, 7) is 4.66. The largest absolute Gasteiger partial charge is 0.478 e. The molecule has 0 bridgehead atoms. The summed E-state index contributed by atoms with van der Waals surface area (Å²) in [4.78, 5) is 25.8. The lowest BCUT2D eigenvalue weighted by atomic mass is 9.91. The van der Waals surface area contributed by atoms with E-state index in [1.165, 1.54) is 6.07 Å². The highest BCUT2D eigenvalue weighted by Gasteiger charge is 2.32. The molecule has 1 aromatic carbocycles. The first kappa shape index (κ1) is 16.5. The average molecular weight is 307 g/mol. The number of carbonyl (C=O) groups excluding carboxylic acids is 1. The maximum Gasteiger partial charge on any atom is 0.336 e. The highest BCUT2D eigenvalue weighted by molar-refractivity contribution is 6.01. The van der Waals surface area contributed by atoms with Crippen molar-refractivity contribution in [2.24, 2.45) is 0 Å². The van der Waals surface area contributed by atoms with Crippen molar-refractivity contribution < 1.29 is 19.1 Å². The quantitative estimate of drug-likeness (QED) is 0.875. The third-order valence-corrected chi connectivity index (χ3v) is 4.22. The van der Waals surface area contributed by atoms with Crippen molar-refractivity contribution in [3.8, 4) is 0 Å². The first-order valence-corrected chi connectivity index (χ1v) is 7.86. The number of amides is 1. The number of carboxylic acid groups (broad SMARTS) is 1. The number of rotatable bonds is 6. The summed E-state index contributed by atoms with van der Waals surface area (Å²) in [7, 11) is 0. The molecule has 0 saturated heterocycles. The van der Waals surface area contributed by atoms with Crippen LogP contribution in [0.2, 0.25) is 0 Å². The second-order valence-electron chi connectivity index (χ2n) is 5.76. The topological polar surface area (TPSA) is 57.6 Å². The first-order chi connectivity index (χ1) is 10.5. The molecule has 0 fully saturated rings. The Hall–Kier alpha value is -1.91. The number of benzene rings is 1. The minimum absolute atomic E-state index is 0.0921. The molecule has 4 nitrogen and oxygen atoms in total. The molecule has 2 rings (SSSR count). The fourth-order valence-corrected chi connectivity index (χ4v) is 3.25. The van der Waals surface area contributed by atoms with Crippen LogP contribution < -0.4 is 0 Å². The van der Waals surface area contributed by atoms with E-state index in [4.69, 9.17) is 0 Å². The highest BCUT2D eigenvalue weighted by atomic mass is 19.1. The van der Waals surface area contributed by atoms with Gasteiger partial charge in [-0.2, -0.15) is 0 Å². The summed E-state index contributed by atoms with van der Waals surface area (Å²) in [5, 5.41) is 9.20. The summed E-state index contributed by atoms with van der Waals surface area (Å²) in [6.07, 6.45) is 4.24. The molecule has 5 heteroatoms. The Kier molecular flexibility index (Phi) is 5.16. The zero-order valence-corrected chi connectivity index (χ0v) is 13.1. The number of hydrogen-bond acceptors (Lipinski definition) is 2. The van der Waals surface area contributed by atoms with Gasteiger partial charge in [0.2, 0.25) is 0 Å². The van der Waals surface area contributed by atoms with Crippen molar-refractivity contribution in [3.05, 3.63) is 34.6 Å². The minimum Gasteiger partial charge on any atom is -0.478 e. The molecule has 0 atom stereocenters. The fourth-order valence-electron chi connectivity index (χ4n) is 3.25. The Labute approximate surface area is 129 Å². The number of carboxylic acids is 1. The monoisotopic (exact) mass is 307 g/mol. The molecular weight excluding hydrogens is 285 g/mol. The predicted molar refractivity (Wildman–Crippen MR) is 81.7 cm³/mol. The van der Waals surface area contributed by atoms with Gasteiger partial charge in [-0.3, -0.25) is 4.79 Å². The van der Waals surface area contributed by atoms with Crippen molar-refractivity contribution in [1.29, 1.82) is 0 Å². The van der Waals surface area contributed by atoms with E-state index in [1.807, 2.05) is 0 Å². The van der Waals surface area contributed by atoms with Crippen molar-refractivity contribution in [2.75, 3.05) is 6.54 Å². The zero-order chi connectivity index (χ0) is 16.3. The molecule has 1 N–H and O–H groups in total. The molecule has 120 valence electrons. The van der Waals surface area contributed by atoms with E-state index in [9.17, 15) is 19.1 Å². The van der Waals surface area contributed by atoms with Crippen LogP contribution in [0.4, 0.5) is 4.39 Å². The number of nitrogens with zero attached hydrogens (tertiary/aromatic N) is 1. The molecule has 1 amide bonds. The van der Waals surface area contributed by atoms with Gasteiger partial charge in [0.05, 0.1) is 5.56 Å². The maximum atomic E-state index is 13.7. The van der Waals surface area contributed by atoms with E-state index < -0.39 is 11.8 Å². The van der Waals surface area contributed by atoms with Crippen molar-refractivity contribution in [3.63, 3.8) is 0 Å². The molecule has 0 saturated carbocycles. The van der Waals surface area contributed by atoms with Gasteiger partial charge in [0, 0.05) is 18.2 Å². The van der Waals surface area contributed by atoms with Gasteiger partial charge < -0.3 is 10.0 Å². The molecule has 0 aliphatic carbocycles. The highest BCUT2D eigenvalue weighted by Crippen LogP contribution is 2.27. The second-order valence-corrected chi connectivity index (χ2v) is 5.76. The van der Waals surface area contributed by atoms with E-state index in [2.05, 4.69) is 13.8 Å². The van der Waals surface area contributed by atoms with Crippen molar-refractivity contribution >= 4 is 11.9 Å². The molecule has 0 aromatic heterocycles. The molecular formula is C17H22FNO3. The van der Waals surface area contributed by atoms with Crippen LogP contribution in [0.5, 0.6) is 0 Å². The van der Waals surface area contributed by atoms with Gasteiger partial charge in [-0.25, -0.2) is 9.18 Å². The van der Waals surface area contributed by atoms with Gasteiger partial charge in [-0.05, 0) is 37.0 Å². The van der Waals surface area contributed by atoms with Crippen LogP contribution >= 0.6 is 0 Å². The lowest BCUT2D eigenvalue weighted by Crippen LogP contribution is -2.45. The van der Waals surface area contributed by atoms with Crippen molar-refractivity contribution in [2.45, 2.75) is 52.0 Å². The Morgan fingerprint density at radius 2 is 1.95 bits per heavy atom. The van der Waals surface area contributed by atoms with Crippen LogP contribution in [0.15, 0.2) is 12.1 Å². The van der Waals surface area contributed by atoms with Crippen LogP contribution in [-0.4, -0.2) is 34.5 Å². The molecule has 1 aliphatic rings. The third-order valence-electron chi connectivity index (χ3n) is 4.22. The van der Waals surface area contributed by atoms with Gasteiger partial charge in [0.15, 0.2) is 0 Å². The van der Waals surface area contributed by atoms with Crippen LogP contribution in [-0.2, 0) is 6.42 Å². The van der Waals surface area contributed by atoms with Crippen molar-refractivity contribution in [1.82, 2.24) is 4.90 Å². The van der Waals surface area contributed by atoms with Gasteiger partial charge in [-0.1, -0.05) is 26.7 Å². The number of fused-ring (bicyclic) bond motifs is 1.